The quantitative estimate of drug-likeness (QED) is 0.861. The SMILES string of the molecule is COc1ccccc1N1CCN(CCNC(=O)C2CC2)CC1. The molecule has 1 amide bonds. The largest absolute Gasteiger partial charge is 0.495 e. The van der Waals surface area contributed by atoms with Gasteiger partial charge in [-0.25, -0.2) is 0 Å². The normalized spacial score (nSPS) is 19.0. The number of benzene rings is 1. The van der Waals surface area contributed by atoms with Crippen molar-refractivity contribution in [2.75, 3.05) is 51.3 Å². The summed E-state index contributed by atoms with van der Waals surface area (Å²) in [6.07, 6.45) is 2.15. The molecular weight excluding hydrogens is 278 g/mol. The monoisotopic (exact) mass is 303 g/mol. The molecule has 5 nitrogen and oxygen atoms in total. The van der Waals surface area contributed by atoms with E-state index < -0.39 is 0 Å². The second-order valence-corrected chi connectivity index (χ2v) is 6.07. The summed E-state index contributed by atoms with van der Waals surface area (Å²) < 4.78 is 5.44. The Balaban J connectivity index is 1.43. The number of carbonyl (C=O) groups is 1. The molecular formula is C17H25N3O2. The Hall–Kier alpha value is -1.75. The van der Waals surface area contributed by atoms with Gasteiger partial charge in [0, 0.05) is 45.2 Å². The second-order valence-electron chi connectivity index (χ2n) is 6.07. The lowest BCUT2D eigenvalue weighted by molar-refractivity contribution is -0.122. The minimum absolute atomic E-state index is 0.243. The van der Waals surface area contributed by atoms with Crippen LogP contribution in [0, 0.1) is 5.92 Å². The Morgan fingerprint density at radius 1 is 1.23 bits per heavy atom. The van der Waals surface area contributed by atoms with Crippen LogP contribution < -0.4 is 15.0 Å². The van der Waals surface area contributed by atoms with Crippen LogP contribution in [0.5, 0.6) is 5.75 Å². The molecule has 0 aromatic heterocycles. The molecule has 3 rings (SSSR count). The van der Waals surface area contributed by atoms with Gasteiger partial charge >= 0.3 is 0 Å². The van der Waals surface area contributed by atoms with Gasteiger partial charge in [-0.05, 0) is 25.0 Å². The highest BCUT2D eigenvalue weighted by Gasteiger charge is 2.29. The van der Waals surface area contributed by atoms with Crippen molar-refractivity contribution in [3.8, 4) is 5.75 Å². The topological polar surface area (TPSA) is 44.8 Å². The van der Waals surface area contributed by atoms with E-state index in [-0.39, 0.29) is 5.91 Å². The van der Waals surface area contributed by atoms with Crippen LogP contribution in [0.4, 0.5) is 5.69 Å². The van der Waals surface area contributed by atoms with Gasteiger partial charge in [0.1, 0.15) is 5.75 Å². The average Bonchev–Trinajstić information content (AvgIpc) is 3.40. The van der Waals surface area contributed by atoms with Gasteiger partial charge in [0.15, 0.2) is 0 Å². The molecule has 5 heteroatoms. The maximum Gasteiger partial charge on any atom is 0.223 e. The number of rotatable bonds is 6. The van der Waals surface area contributed by atoms with Crippen LogP contribution in [-0.4, -0.2) is 57.2 Å². The first kappa shape index (κ1) is 15.2. The van der Waals surface area contributed by atoms with Crippen LogP contribution in [0.2, 0.25) is 0 Å². The molecule has 1 aromatic carbocycles. The summed E-state index contributed by atoms with van der Waals surface area (Å²) in [5.41, 5.74) is 1.17. The minimum atomic E-state index is 0.243. The summed E-state index contributed by atoms with van der Waals surface area (Å²) in [6, 6.07) is 8.18. The van der Waals surface area contributed by atoms with Gasteiger partial charge in [-0.2, -0.15) is 0 Å². The number of nitrogens with zero attached hydrogens (tertiary/aromatic N) is 2. The number of hydrogen-bond donors (Lipinski definition) is 1. The highest BCUT2D eigenvalue weighted by molar-refractivity contribution is 5.80. The van der Waals surface area contributed by atoms with Crippen molar-refractivity contribution in [3.63, 3.8) is 0 Å². The predicted octanol–water partition coefficient (Wildman–Crippen LogP) is 1.34. The molecule has 0 unspecified atom stereocenters. The van der Waals surface area contributed by atoms with Crippen molar-refractivity contribution in [1.29, 1.82) is 0 Å². The zero-order chi connectivity index (χ0) is 15.4. The van der Waals surface area contributed by atoms with Crippen molar-refractivity contribution in [3.05, 3.63) is 24.3 Å². The number of carbonyl (C=O) groups excluding carboxylic acids is 1. The number of anilines is 1. The summed E-state index contributed by atoms with van der Waals surface area (Å²) in [6.45, 7) is 5.75. The highest BCUT2D eigenvalue weighted by Crippen LogP contribution is 2.29. The van der Waals surface area contributed by atoms with Crippen molar-refractivity contribution in [1.82, 2.24) is 10.2 Å². The molecule has 1 aromatic rings. The Labute approximate surface area is 132 Å². The van der Waals surface area contributed by atoms with E-state index in [2.05, 4.69) is 27.2 Å². The van der Waals surface area contributed by atoms with E-state index >= 15 is 0 Å². The third-order valence-corrected chi connectivity index (χ3v) is 4.47. The van der Waals surface area contributed by atoms with Gasteiger partial charge in [0.2, 0.25) is 5.91 Å². The van der Waals surface area contributed by atoms with Gasteiger partial charge < -0.3 is 15.0 Å². The van der Waals surface area contributed by atoms with Crippen LogP contribution in [-0.2, 0) is 4.79 Å². The third kappa shape index (κ3) is 3.71. The maximum absolute atomic E-state index is 11.6. The fraction of sp³-hybridized carbons (Fsp3) is 0.588. The van der Waals surface area contributed by atoms with Crippen LogP contribution >= 0.6 is 0 Å². The zero-order valence-corrected chi connectivity index (χ0v) is 13.3. The summed E-state index contributed by atoms with van der Waals surface area (Å²) in [5.74, 6) is 1.49. The Bertz CT molecular complexity index is 508. The predicted molar refractivity (Wildman–Crippen MR) is 87.4 cm³/mol. The van der Waals surface area contributed by atoms with Crippen molar-refractivity contribution < 1.29 is 9.53 Å². The van der Waals surface area contributed by atoms with E-state index in [1.807, 2.05) is 12.1 Å². The number of ether oxygens (including phenoxy) is 1. The molecule has 1 saturated heterocycles. The third-order valence-electron chi connectivity index (χ3n) is 4.47. The number of methoxy groups -OCH3 is 1. The first-order valence-corrected chi connectivity index (χ1v) is 8.16. The van der Waals surface area contributed by atoms with Crippen molar-refractivity contribution in [2.24, 2.45) is 5.92 Å². The van der Waals surface area contributed by atoms with Crippen LogP contribution in [0.1, 0.15) is 12.8 Å². The number of hydrogen-bond acceptors (Lipinski definition) is 4. The van der Waals surface area contributed by atoms with Gasteiger partial charge in [-0.15, -0.1) is 0 Å². The second kappa shape index (κ2) is 7.01. The molecule has 1 aliphatic carbocycles. The molecule has 2 fully saturated rings. The first-order valence-electron chi connectivity index (χ1n) is 8.16. The molecule has 1 heterocycles. The number of piperazine rings is 1. The lowest BCUT2D eigenvalue weighted by Gasteiger charge is -2.36. The van der Waals surface area contributed by atoms with Gasteiger partial charge in [-0.3, -0.25) is 9.69 Å². The van der Waals surface area contributed by atoms with Crippen LogP contribution in [0.3, 0.4) is 0 Å². The lowest BCUT2D eigenvalue weighted by Crippen LogP contribution is -2.48. The molecule has 1 N–H and O–H groups in total. The van der Waals surface area contributed by atoms with E-state index in [0.717, 1.165) is 57.9 Å². The Kier molecular flexibility index (Phi) is 4.83. The average molecular weight is 303 g/mol. The zero-order valence-electron chi connectivity index (χ0n) is 13.3. The molecule has 1 saturated carbocycles. The Morgan fingerprint density at radius 3 is 2.64 bits per heavy atom. The summed E-state index contributed by atoms with van der Waals surface area (Å²) in [4.78, 5) is 16.4. The molecule has 1 aliphatic heterocycles. The number of nitrogens with one attached hydrogen (secondary N) is 1. The van der Waals surface area contributed by atoms with Gasteiger partial charge in [-0.1, -0.05) is 12.1 Å². The van der Waals surface area contributed by atoms with E-state index in [0.29, 0.717) is 5.92 Å². The lowest BCUT2D eigenvalue weighted by atomic mass is 10.2. The maximum atomic E-state index is 11.6. The van der Waals surface area contributed by atoms with Crippen molar-refractivity contribution in [2.45, 2.75) is 12.8 Å². The van der Waals surface area contributed by atoms with Crippen molar-refractivity contribution >= 4 is 11.6 Å². The molecule has 0 atom stereocenters. The molecule has 2 aliphatic rings. The molecule has 0 radical (unpaired) electrons. The summed E-state index contributed by atoms with van der Waals surface area (Å²) in [5, 5.41) is 3.04. The molecule has 120 valence electrons. The first-order chi connectivity index (χ1) is 10.8. The number of para-hydroxylation sites is 2. The van der Waals surface area contributed by atoms with E-state index in [1.54, 1.807) is 7.11 Å². The summed E-state index contributed by atoms with van der Waals surface area (Å²) in [7, 11) is 1.72. The molecule has 0 bridgehead atoms. The summed E-state index contributed by atoms with van der Waals surface area (Å²) >= 11 is 0. The fourth-order valence-electron chi connectivity index (χ4n) is 2.93. The van der Waals surface area contributed by atoms with Crippen LogP contribution in [0.15, 0.2) is 24.3 Å². The minimum Gasteiger partial charge on any atom is -0.495 e. The smallest absolute Gasteiger partial charge is 0.223 e. The van der Waals surface area contributed by atoms with Crippen LogP contribution in [0.25, 0.3) is 0 Å². The highest BCUT2D eigenvalue weighted by atomic mass is 16.5. The van der Waals surface area contributed by atoms with E-state index in [9.17, 15) is 4.79 Å². The van der Waals surface area contributed by atoms with E-state index in [1.165, 1.54) is 5.69 Å². The molecule has 0 spiro atoms. The van der Waals surface area contributed by atoms with Gasteiger partial charge in [0.25, 0.3) is 0 Å². The van der Waals surface area contributed by atoms with E-state index in [4.69, 9.17) is 4.74 Å². The fourth-order valence-corrected chi connectivity index (χ4v) is 2.93. The Morgan fingerprint density at radius 2 is 1.95 bits per heavy atom. The number of amides is 1. The van der Waals surface area contributed by atoms with Gasteiger partial charge in [0.05, 0.1) is 12.8 Å². The molecule has 22 heavy (non-hydrogen) atoms. The standard InChI is InChI=1S/C17H25N3O2/c1-22-16-5-3-2-4-15(16)20-12-10-19(11-13-20)9-8-18-17(21)14-6-7-14/h2-5,14H,6-13H2,1H3,(H,18,21).